The van der Waals surface area contributed by atoms with Crippen LogP contribution in [0.4, 0.5) is 0 Å². The molecule has 1 aliphatic heterocycles. The van der Waals surface area contributed by atoms with Crippen LogP contribution < -0.4 is 9.47 Å². The molecule has 1 unspecified atom stereocenters. The summed E-state index contributed by atoms with van der Waals surface area (Å²) < 4.78 is 11.9. The number of ether oxygens (including phenoxy) is 2. The van der Waals surface area contributed by atoms with Gasteiger partial charge in [0.25, 0.3) is 0 Å². The normalized spacial score (nSPS) is 15.3. The maximum Gasteiger partial charge on any atom is 0.175 e. The van der Waals surface area contributed by atoms with Gasteiger partial charge in [-0.3, -0.25) is 4.98 Å². The topological polar surface area (TPSA) is 51.6 Å². The molecule has 0 saturated heterocycles. The first-order valence-electron chi connectivity index (χ1n) is 5.88. The van der Waals surface area contributed by atoms with Crippen molar-refractivity contribution in [3.8, 4) is 11.5 Å². The molecule has 0 bridgehead atoms. The lowest BCUT2D eigenvalue weighted by molar-refractivity contribution is 0.163. The Bertz CT molecular complexity index is 574. The first-order valence-corrected chi connectivity index (χ1v) is 7.56. The van der Waals surface area contributed by atoms with Crippen molar-refractivity contribution in [1.82, 2.24) is 4.98 Å². The quantitative estimate of drug-likeness (QED) is 0.932. The summed E-state index contributed by atoms with van der Waals surface area (Å²) in [7, 11) is 0. The van der Waals surface area contributed by atoms with E-state index >= 15 is 0 Å². The van der Waals surface area contributed by atoms with E-state index in [-0.39, 0.29) is 0 Å². The van der Waals surface area contributed by atoms with Crippen LogP contribution >= 0.6 is 27.3 Å². The molecule has 19 heavy (non-hydrogen) atoms. The Morgan fingerprint density at radius 2 is 2.21 bits per heavy atom. The van der Waals surface area contributed by atoms with Crippen LogP contribution in [0.5, 0.6) is 11.5 Å². The molecule has 1 atom stereocenters. The highest BCUT2D eigenvalue weighted by Crippen LogP contribution is 2.40. The van der Waals surface area contributed by atoms with Crippen molar-refractivity contribution in [1.29, 1.82) is 0 Å². The Balaban J connectivity index is 1.86. The lowest BCUT2D eigenvalue weighted by atomic mass is 10.1. The minimum atomic E-state index is -0.576. The van der Waals surface area contributed by atoms with Gasteiger partial charge in [0.15, 0.2) is 11.5 Å². The van der Waals surface area contributed by atoms with Gasteiger partial charge in [-0.15, -0.1) is 11.3 Å². The summed E-state index contributed by atoms with van der Waals surface area (Å²) in [5.74, 6) is 1.39. The fourth-order valence-corrected chi connectivity index (χ4v) is 3.18. The fourth-order valence-electron chi connectivity index (χ4n) is 1.97. The minimum Gasteiger partial charge on any atom is -0.486 e. The fraction of sp³-hybridized carbons (Fsp3) is 0.308. The zero-order valence-electron chi connectivity index (χ0n) is 10.0. The Labute approximate surface area is 123 Å². The number of rotatable bonds is 3. The van der Waals surface area contributed by atoms with Gasteiger partial charge in [-0.2, -0.15) is 0 Å². The van der Waals surface area contributed by atoms with E-state index in [1.807, 2.05) is 12.1 Å². The van der Waals surface area contributed by atoms with E-state index in [1.54, 1.807) is 23.0 Å². The molecule has 3 rings (SSSR count). The molecular weight excluding hydrogens is 330 g/mol. The molecule has 2 heterocycles. The van der Waals surface area contributed by atoms with Crippen molar-refractivity contribution >= 4 is 27.3 Å². The van der Waals surface area contributed by atoms with E-state index in [0.717, 1.165) is 14.9 Å². The molecule has 0 spiro atoms. The van der Waals surface area contributed by atoms with Gasteiger partial charge < -0.3 is 14.6 Å². The second kappa shape index (κ2) is 5.48. The summed E-state index contributed by atoms with van der Waals surface area (Å²) in [4.78, 5) is 5.06. The Morgan fingerprint density at radius 1 is 1.37 bits per heavy atom. The van der Waals surface area contributed by atoms with Gasteiger partial charge in [0.2, 0.25) is 0 Å². The van der Waals surface area contributed by atoms with Crippen LogP contribution in [0.15, 0.2) is 28.3 Å². The number of benzene rings is 1. The zero-order valence-corrected chi connectivity index (χ0v) is 12.4. The molecule has 0 fully saturated rings. The predicted octanol–water partition coefficient (Wildman–Crippen LogP) is 2.95. The van der Waals surface area contributed by atoms with E-state index < -0.39 is 6.10 Å². The van der Waals surface area contributed by atoms with Gasteiger partial charge in [-0.05, 0) is 33.6 Å². The molecule has 1 aromatic carbocycles. The molecule has 0 saturated carbocycles. The lowest BCUT2D eigenvalue weighted by Gasteiger charge is -2.21. The van der Waals surface area contributed by atoms with E-state index in [1.165, 1.54) is 0 Å². The summed E-state index contributed by atoms with van der Waals surface area (Å²) in [6, 6.07) is 3.71. The molecule has 100 valence electrons. The highest BCUT2D eigenvalue weighted by atomic mass is 79.9. The number of fused-ring (bicyclic) bond motifs is 1. The number of aliphatic hydroxyl groups is 1. The molecule has 0 radical (unpaired) electrons. The van der Waals surface area contributed by atoms with E-state index in [9.17, 15) is 5.11 Å². The number of nitrogens with zero attached hydrogens (tertiary/aromatic N) is 1. The van der Waals surface area contributed by atoms with Gasteiger partial charge >= 0.3 is 0 Å². The molecule has 0 amide bonds. The number of thiazole rings is 1. The van der Waals surface area contributed by atoms with Crippen molar-refractivity contribution in [2.24, 2.45) is 0 Å². The van der Waals surface area contributed by atoms with Crippen LogP contribution in [0.25, 0.3) is 0 Å². The second-order valence-electron chi connectivity index (χ2n) is 4.21. The van der Waals surface area contributed by atoms with Crippen molar-refractivity contribution in [3.05, 3.63) is 38.8 Å². The molecule has 2 aromatic rings. The molecular formula is C13H12BrNO3S. The first-order chi connectivity index (χ1) is 9.24. The summed E-state index contributed by atoms with van der Waals surface area (Å²) in [6.07, 6.45) is 1.75. The van der Waals surface area contributed by atoms with Crippen LogP contribution in [0.1, 0.15) is 16.5 Å². The van der Waals surface area contributed by atoms with Gasteiger partial charge in [0.05, 0.1) is 16.1 Å². The molecule has 1 N–H and O–H groups in total. The number of hydrogen-bond acceptors (Lipinski definition) is 5. The van der Waals surface area contributed by atoms with Crippen molar-refractivity contribution in [2.75, 3.05) is 13.2 Å². The number of halogens is 1. The standard InChI is InChI=1S/C13H12BrNO3S/c14-10-3-8(4-12-13(10)18-2-1-17-12)11(16)5-9-6-15-7-19-9/h3-4,6-7,11,16H,1-2,5H2. The van der Waals surface area contributed by atoms with Crippen molar-refractivity contribution in [2.45, 2.75) is 12.5 Å². The Kier molecular flexibility index (Phi) is 3.72. The average molecular weight is 342 g/mol. The third-order valence-electron chi connectivity index (χ3n) is 2.88. The van der Waals surface area contributed by atoms with Crippen LogP contribution in [0.2, 0.25) is 0 Å². The number of hydrogen-bond donors (Lipinski definition) is 1. The van der Waals surface area contributed by atoms with Crippen LogP contribution in [0.3, 0.4) is 0 Å². The van der Waals surface area contributed by atoms with Crippen LogP contribution in [-0.2, 0) is 6.42 Å². The zero-order chi connectivity index (χ0) is 13.2. The summed E-state index contributed by atoms with van der Waals surface area (Å²) in [6.45, 7) is 1.09. The SMILES string of the molecule is OC(Cc1cncs1)c1cc(Br)c2c(c1)OCCO2. The molecule has 6 heteroatoms. The summed E-state index contributed by atoms with van der Waals surface area (Å²) >= 11 is 4.99. The molecule has 1 aromatic heterocycles. The molecule has 0 aliphatic carbocycles. The molecule has 4 nitrogen and oxygen atoms in total. The summed E-state index contributed by atoms with van der Waals surface area (Å²) in [5, 5.41) is 10.3. The van der Waals surface area contributed by atoms with Gasteiger partial charge in [-0.25, -0.2) is 0 Å². The van der Waals surface area contributed by atoms with Crippen LogP contribution in [-0.4, -0.2) is 23.3 Å². The lowest BCUT2D eigenvalue weighted by Crippen LogP contribution is -2.16. The third kappa shape index (κ3) is 2.75. The highest BCUT2D eigenvalue weighted by molar-refractivity contribution is 9.10. The smallest absolute Gasteiger partial charge is 0.175 e. The Morgan fingerprint density at radius 3 is 3.00 bits per heavy atom. The average Bonchev–Trinajstić information content (AvgIpc) is 2.91. The van der Waals surface area contributed by atoms with Crippen LogP contribution in [0, 0.1) is 0 Å². The largest absolute Gasteiger partial charge is 0.486 e. The minimum absolute atomic E-state index is 0.536. The third-order valence-corrected chi connectivity index (χ3v) is 4.27. The maximum atomic E-state index is 10.3. The number of aromatic nitrogens is 1. The van der Waals surface area contributed by atoms with Crippen molar-refractivity contribution < 1.29 is 14.6 Å². The van der Waals surface area contributed by atoms with Gasteiger partial charge in [-0.1, -0.05) is 0 Å². The van der Waals surface area contributed by atoms with Gasteiger partial charge in [0.1, 0.15) is 13.2 Å². The monoisotopic (exact) mass is 341 g/mol. The van der Waals surface area contributed by atoms with E-state index in [2.05, 4.69) is 20.9 Å². The summed E-state index contributed by atoms with van der Waals surface area (Å²) in [5.41, 5.74) is 2.58. The van der Waals surface area contributed by atoms with Crippen molar-refractivity contribution in [3.63, 3.8) is 0 Å². The van der Waals surface area contributed by atoms with E-state index in [4.69, 9.17) is 9.47 Å². The van der Waals surface area contributed by atoms with Gasteiger partial charge in [0, 0.05) is 17.5 Å². The first kappa shape index (κ1) is 12.9. The van der Waals surface area contributed by atoms with E-state index in [0.29, 0.717) is 31.1 Å². The highest BCUT2D eigenvalue weighted by Gasteiger charge is 2.19. The Hall–Kier alpha value is -1.11. The maximum absolute atomic E-state index is 10.3. The molecule has 1 aliphatic rings. The second-order valence-corrected chi connectivity index (χ2v) is 6.04. The number of aliphatic hydroxyl groups excluding tert-OH is 1. The predicted molar refractivity (Wildman–Crippen MR) is 75.9 cm³/mol.